The number of hydrogen-bond acceptors (Lipinski definition) is 7. The summed E-state index contributed by atoms with van der Waals surface area (Å²) in [7, 11) is -3.51. The average molecular weight is 325 g/mol. The number of anilines is 1. The topological polar surface area (TPSA) is 121 Å². The van der Waals surface area contributed by atoms with Gasteiger partial charge in [0.2, 0.25) is 0 Å². The van der Waals surface area contributed by atoms with Gasteiger partial charge in [-0.25, -0.2) is 8.42 Å². The Morgan fingerprint density at radius 3 is 2.27 bits per heavy atom. The molecule has 0 aromatic heterocycles. The number of sulfone groups is 1. The highest BCUT2D eigenvalue weighted by atomic mass is 32.2. The number of aliphatic hydroxyl groups excluding tert-OH is 1. The minimum absolute atomic E-state index is 0.0199. The summed E-state index contributed by atoms with van der Waals surface area (Å²) in [5, 5.41) is 19.4. The molecular formula is C14H15NO6S. The van der Waals surface area contributed by atoms with E-state index in [4.69, 9.17) is 5.21 Å². The van der Waals surface area contributed by atoms with Gasteiger partial charge in [-0.1, -0.05) is 0 Å². The molecule has 1 aliphatic carbocycles. The number of allylic oxidation sites excluding steroid dienone is 1. The molecule has 1 aliphatic rings. The molecule has 0 heterocycles. The van der Waals surface area contributed by atoms with E-state index in [1.54, 1.807) is 5.48 Å². The summed E-state index contributed by atoms with van der Waals surface area (Å²) < 4.78 is 23.0. The quantitative estimate of drug-likeness (QED) is 0.333. The predicted molar refractivity (Wildman–Crippen MR) is 78.4 cm³/mol. The Balaban J connectivity index is 2.61. The Bertz CT molecular complexity index is 761. The van der Waals surface area contributed by atoms with Crippen molar-refractivity contribution in [3.63, 3.8) is 0 Å². The van der Waals surface area contributed by atoms with E-state index < -0.39 is 27.2 Å². The molecule has 0 bridgehead atoms. The van der Waals surface area contributed by atoms with Gasteiger partial charge in [-0.2, -0.15) is 0 Å². The van der Waals surface area contributed by atoms with E-state index in [1.165, 1.54) is 12.1 Å². The molecule has 0 aliphatic heterocycles. The van der Waals surface area contributed by atoms with E-state index in [0.717, 1.165) is 12.3 Å². The average Bonchev–Trinajstić information content (AvgIpc) is 2.45. The monoisotopic (exact) mass is 325 g/mol. The molecule has 22 heavy (non-hydrogen) atoms. The highest BCUT2D eigenvalue weighted by molar-refractivity contribution is 7.90. The third-order valence-corrected chi connectivity index (χ3v) is 4.51. The van der Waals surface area contributed by atoms with Gasteiger partial charge in [0.15, 0.2) is 21.4 Å². The molecule has 0 saturated heterocycles. The van der Waals surface area contributed by atoms with Crippen LogP contribution in [0.5, 0.6) is 0 Å². The summed E-state index contributed by atoms with van der Waals surface area (Å²) >= 11 is 0. The SMILES string of the molecule is CS(=O)(=O)c1ccc(C(O)=C2C(=O)CCCC2=O)c(NO)c1. The fraction of sp³-hybridized carbons (Fsp3) is 0.286. The molecule has 0 radical (unpaired) electrons. The summed E-state index contributed by atoms with van der Waals surface area (Å²) in [6.07, 6.45) is 1.76. The molecule has 118 valence electrons. The van der Waals surface area contributed by atoms with Crippen LogP contribution >= 0.6 is 0 Å². The van der Waals surface area contributed by atoms with Crippen LogP contribution in [0, 0.1) is 0 Å². The lowest BCUT2D eigenvalue weighted by Crippen LogP contribution is -2.20. The minimum atomic E-state index is -3.51. The molecule has 1 saturated carbocycles. The van der Waals surface area contributed by atoms with E-state index in [0.29, 0.717) is 6.42 Å². The minimum Gasteiger partial charge on any atom is -0.506 e. The third-order valence-electron chi connectivity index (χ3n) is 3.40. The van der Waals surface area contributed by atoms with Gasteiger partial charge >= 0.3 is 0 Å². The zero-order chi connectivity index (χ0) is 16.5. The van der Waals surface area contributed by atoms with Crippen LogP contribution in [-0.4, -0.2) is 36.6 Å². The number of Topliss-reactive ketones (excluding diaryl/α,β-unsaturated/α-hetero) is 2. The largest absolute Gasteiger partial charge is 0.506 e. The lowest BCUT2D eigenvalue weighted by molar-refractivity contribution is -0.123. The van der Waals surface area contributed by atoms with Gasteiger partial charge in [0.25, 0.3) is 0 Å². The van der Waals surface area contributed by atoms with Gasteiger partial charge in [0, 0.05) is 24.7 Å². The first kappa shape index (κ1) is 16.2. The summed E-state index contributed by atoms with van der Waals surface area (Å²) in [5.41, 5.74) is 1.33. The number of nitrogens with one attached hydrogen (secondary N) is 1. The summed E-state index contributed by atoms with van der Waals surface area (Å²) in [4.78, 5) is 23.6. The van der Waals surface area contributed by atoms with E-state index in [1.807, 2.05) is 0 Å². The molecule has 1 aromatic rings. The molecular weight excluding hydrogens is 310 g/mol. The Hall–Kier alpha value is -2.19. The molecule has 1 aromatic carbocycles. The van der Waals surface area contributed by atoms with Crippen molar-refractivity contribution in [3.05, 3.63) is 29.3 Å². The van der Waals surface area contributed by atoms with Crippen molar-refractivity contribution >= 4 is 32.9 Å². The number of hydrogen-bond donors (Lipinski definition) is 3. The zero-order valence-corrected chi connectivity index (χ0v) is 12.6. The number of ketones is 2. The number of carbonyl (C=O) groups is 2. The standard InChI is InChI=1S/C14H15NO6S/c1-22(20,21)8-5-6-9(10(7-8)15-19)14(18)13-11(16)3-2-4-12(13)17/h5-7,15,18-19H,2-4H2,1H3. The van der Waals surface area contributed by atoms with Crippen LogP contribution in [0.2, 0.25) is 0 Å². The number of aliphatic hydroxyl groups is 1. The van der Waals surface area contributed by atoms with Crippen LogP contribution in [0.3, 0.4) is 0 Å². The lowest BCUT2D eigenvalue weighted by Gasteiger charge is -2.16. The fourth-order valence-corrected chi connectivity index (χ4v) is 2.91. The molecule has 0 spiro atoms. The highest BCUT2D eigenvalue weighted by Gasteiger charge is 2.28. The second-order valence-corrected chi connectivity index (χ2v) is 7.03. The van der Waals surface area contributed by atoms with Crippen molar-refractivity contribution in [1.82, 2.24) is 0 Å². The summed E-state index contributed by atoms with van der Waals surface area (Å²) in [6.45, 7) is 0. The predicted octanol–water partition coefficient (Wildman–Crippen LogP) is 1.48. The van der Waals surface area contributed by atoms with Gasteiger partial charge in [0.05, 0.1) is 10.6 Å². The highest BCUT2D eigenvalue weighted by Crippen LogP contribution is 2.30. The van der Waals surface area contributed by atoms with Crippen molar-refractivity contribution in [2.45, 2.75) is 24.2 Å². The van der Waals surface area contributed by atoms with Crippen molar-refractivity contribution < 1.29 is 28.3 Å². The fourth-order valence-electron chi connectivity index (χ4n) is 2.27. The maximum absolute atomic E-state index is 11.8. The Labute approximate surface area is 127 Å². The molecule has 3 N–H and O–H groups in total. The molecule has 1 fully saturated rings. The lowest BCUT2D eigenvalue weighted by atomic mass is 9.89. The first-order valence-corrected chi connectivity index (χ1v) is 8.39. The van der Waals surface area contributed by atoms with Crippen molar-refractivity contribution in [1.29, 1.82) is 0 Å². The first-order valence-electron chi connectivity index (χ1n) is 6.50. The molecule has 8 heteroatoms. The van der Waals surface area contributed by atoms with Crippen LogP contribution in [0.25, 0.3) is 5.76 Å². The normalized spacial score (nSPS) is 15.8. The van der Waals surface area contributed by atoms with E-state index in [-0.39, 0.29) is 34.6 Å². The second kappa shape index (κ2) is 5.90. The number of benzene rings is 1. The van der Waals surface area contributed by atoms with E-state index >= 15 is 0 Å². The van der Waals surface area contributed by atoms with Gasteiger partial charge in [-0.15, -0.1) is 0 Å². The number of rotatable bonds is 3. The van der Waals surface area contributed by atoms with Crippen LogP contribution in [0.15, 0.2) is 28.7 Å². The second-order valence-electron chi connectivity index (χ2n) is 5.01. The third kappa shape index (κ3) is 3.02. The van der Waals surface area contributed by atoms with Gasteiger partial charge in [-0.05, 0) is 24.6 Å². The molecule has 2 rings (SSSR count). The van der Waals surface area contributed by atoms with Crippen LogP contribution in [0.4, 0.5) is 5.69 Å². The Kier molecular flexibility index (Phi) is 4.34. The molecule has 0 unspecified atom stereocenters. The summed E-state index contributed by atoms with van der Waals surface area (Å²) in [6, 6.07) is 3.56. The van der Waals surface area contributed by atoms with Crippen LogP contribution in [-0.2, 0) is 19.4 Å². The smallest absolute Gasteiger partial charge is 0.175 e. The Morgan fingerprint density at radius 1 is 1.18 bits per heavy atom. The molecule has 7 nitrogen and oxygen atoms in total. The van der Waals surface area contributed by atoms with Crippen molar-refractivity contribution in [3.8, 4) is 0 Å². The van der Waals surface area contributed by atoms with Gasteiger partial charge < -0.3 is 5.11 Å². The zero-order valence-electron chi connectivity index (χ0n) is 11.8. The maximum Gasteiger partial charge on any atom is 0.175 e. The van der Waals surface area contributed by atoms with Crippen LogP contribution < -0.4 is 5.48 Å². The van der Waals surface area contributed by atoms with Gasteiger partial charge in [-0.3, -0.25) is 20.3 Å². The van der Waals surface area contributed by atoms with Crippen LogP contribution in [0.1, 0.15) is 24.8 Å². The summed E-state index contributed by atoms with van der Waals surface area (Å²) in [5.74, 6) is -1.50. The number of carbonyl (C=O) groups excluding carboxylic acids is 2. The Morgan fingerprint density at radius 2 is 1.77 bits per heavy atom. The first-order chi connectivity index (χ1) is 10.3. The molecule has 0 amide bonds. The van der Waals surface area contributed by atoms with Crippen molar-refractivity contribution in [2.75, 3.05) is 11.7 Å². The van der Waals surface area contributed by atoms with Crippen molar-refractivity contribution in [2.24, 2.45) is 0 Å². The van der Waals surface area contributed by atoms with Gasteiger partial charge in [0.1, 0.15) is 11.3 Å². The van der Waals surface area contributed by atoms with E-state index in [2.05, 4.69) is 0 Å². The molecule has 0 atom stereocenters. The van der Waals surface area contributed by atoms with E-state index in [9.17, 15) is 23.1 Å². The maximum atomic E-state index is 11.8.